The third kappa shape index (κ3) is 55.7. The predicted molar refractivity (Wildman–Crippen MR) is 321 cm³/mol. The second kappa shape index (κ2) is 54.5. The number of hydrogen-bond donors (Lipinski definition) is 1. The Morgan fingerprint density at radius 1 is 0.493 bits per heavy atom. The van der Waals surface area contributed by atoms with Crippen LogP contribution in [0, 0.1) is 0 Å². The molecule has 75 heavy (non-hydrogen) atoms. The molecule has 0 aromatic heterocycles. The van der Waals surface area contributed by atoms with Gasteiger partial charge in [-0.15, -0.1) is 0 Å². The SMILES string of the molecule is CC/C=C/C=C/C=C/CCCCCCCCCC(=O)OC(/C=C\CCCCCCCCCCCCC)C(COP(=O)([O-])OCC[N+](C)(C)C)NC(=O)CCCCCCCCCC/C=C\C/C=C\C/C=C\CCCCC. The van der Waals surface area contributed by atoms with Crippen molar-refractivity contribution in [3.8, 4) is 0 Å². The van der Waals surface area contributed by atoms with E-state index < -0.39 is 26.6 Å². The zero-order valence-electron chi connectivity index (χ0n) is 49.5. The second-order valence-corrected chi connectivity index (χ2v) is 23.3. The van der Waals surface area contributed by atoms with Crippen LogP contribution in [0.15, 0.2) is 85.1 Å². The molecular formula is C65H117N2O7P. The third-order valence-electron chi connectivity index (χ3n) is 13.4. The largest absolute Gasteiger partial charge is 0.756 e. The molecule has 9 nitrogen and oxygen atoms in total. The first-order valence-corrected chi connectivity index (χ1v) is 32.4. The Kier molecular flexibility index (Phi) is 52.5. The van der Waals surface area contributed by atoms with E-state index >= 15 is 0 Å². The topological polar surface area (TPSA) is 114 Å². The van der Waals surface area contributed by atoms with Gasteiger partial charge >= 0.3 is 5.97 Å². The average Bonchev–Trinajstić information content (AvgIpc) is 3.37. The van der Waals surface area contributed by atoms with Crippen LogP contribution in [0.1, 0.15) is 265 Å². The summed E-state index contributed by atoms with van der Waals surface area (Å²) in [7, 11) is 1.16. The quantitative estimate of drug-likeness (QED) is 0.0161. The second-order valence-electron chi connectivity index (χ2n) is 21.9. The van der Waals surface area contributed by atoms with Gasteiger partial charge < -0.3 is 28.5 Å². The van der Waals surface area contributed by atoms with Gasteiger partial charge in [0, 0.05) is 12.8 Å². The smallest absolute Gasteiger partial charge is 0.306 e. The normalized spacial score (nSPS) is 14.3. The maximum Gasteiger partial charge on any atom is 0.306 e. The molecule has 3 atom stereocenters. The number of phosphoric acid groups is 1. The van der Waals surface area contributed by atoms with Crippen molar-refractivity contribution in [2.24, 2.45) is 0 Å². The fourth-order valence-electron chi connectivity index (χ4n) is 8.59. The van der Waals surface area contributed by atoms with Crippen molar-refractivity contribution in [3.63, 3.8) is 0 Å². The highest BCUT2D eigenvalue weighted by Gasteiger charge is 2.27. The number of ether oxygens (including phenoxy) is 1. The number of quaternary nitrogens is 1. The molecule has 3 unspecified atom stereocenters. The summed E-state index contributed by atoms with van der Waals surface area (Å²) in [5.41, 5.74) is 0. The number of nitrogens with one attached hydrogen (secondary N) is 1. The van der Waals surface area contributed by atoms with E-state index in [-0.39, 0.29) is 24.9 Å². The minimum atomic E-state index is -4.71. The first-order valence-electron chi connectivity index (χ1n) is 30.9. The number of phosphoric ester groups is 1. The average molecular weight is 1070 g/mol. The van der Waals surface area contributed by atoms with Crippen molar-refractivity contribution in [3.05, 3.63) is 85.1 Å². The van der Waals surface area contributed by atoms with Crippen LogP contribution in [0.5, 0.6) is 0 Å². The summed E-state index contributed by atoms with van der Waals surface area (Å²) in [6, 6.07) is -0.901. The molecule has 0 bridgehead atoms. The molecule has 0 saturated heterocycles. The van der Waals surface area contributed by atoms with Gasteiger partial charge in [-0.05, 0) is 89.5 Å². The molecule has 434 valence electrons. The van der Waals surface area contributed by atoms with Gasteiger partial charge in [0.1, 0.15) is 19.3 Å². The van der Waals surface area contributed by atoms with Crippen molar-refractivity contribution in [1.29, 1.82) is 0 Å². The molecule has 0 radical (unpaired) electrons. The Morgan fingerprint density at radius 2 is 0.907 bits per heavy atom. The number of carbonyl (C=O) groups is 2. The monoisotopic (exact) mass is 1070 g/mol. The number of allylic oxidation sites excluding steroid dienone is 13. The lowest BCUT2D eigenvalue weighted by Crippen LogP contribution is -2.47. The molecule has 0 heterocycles. The van der Waals surface area contributed by atoms with Gasteiger partial charge in [0.05, 0.1) is 33.8 Å². The van der Waals surface area contributed by atoms with Crippen LogP contribution in [-0.2, 0) is 27.9 Å². The summed E-state index contributed by atoms with van der Waals surface area (Å²) in [4.78, 5) is 40.0. The van der Waals surface area contributed by atoms with Crippen LogP contribution in [0.4, 0.5) is 0 Å². The van der Waals surface area contributed by atoms with Gasteiger partial charge in [0.2, 0.25) is 5.91 Å². The maximum absolute atomic E-state index is 13.5. The van der Waals surface area contributed by atoms with Crippen molar-refractivity contribution in [1.82, 2.24) is 5.32 Å². The van der Waals surface area contributed by atoms with Gasteiger partial charge in [-0.25, -0.2) is 0 Å². The van der Waals surface area contributed by atoms with E-state index in [1.165, 1.54) is 128 Å². The highest BCUT2D eigenvalue weighted by atomic mass is 31.2. The number of nitrogens with zero attached hydrogens (tertiary/aromatic N) is 1. The highest BCUT2D eigenvalue weighted by molar-refractivity contribution is 7.45. The zero-order valence-corrected chi connectivity index (χ0v) is 50.4. The van der Waals surface area contributed by atoms with Crippen LogP contribution in [0.3, 0.4) is 0 Å². The van der Waals surface area contributed by atoms with Gasteiger partial charge in [0.25, 0.3) is 7.82 Å². The molecule has 0 spiro atoms. The molecule has 1 N–H and O–H groups in total. The summed E-state index contributed by atoms with van der Waals surface area (Å²) in [6.07, 6.45) is 71.1. The number of carbonyl (C=O) groups excluding carboxylic acids is 2. The fraction of sp³-hybridized carbons (Fsp3) is 0.754. The van der Waals surface area contributed by atoms with E-state index in [9.17, 15) is 19.0 Å². The summed E-state index contributed by atoms with van der Waals surface area (Å²) in [5, 5.41) is 3.02. The molecule has 0 saturated carbocycles. The van der Waals surface area contributed by atoms with Crippen molar-refractivity contribution in [2.75, 3.05) is 40.9 Å². The summed E-state index contributed by atoms with van der Waals surface area (Å²) in [5.74, 6) is -0.564. The lowest BCUT2D eigenvalue weighted by atomic mass is 10.0. The van der Waals surface area contributed by atoms with Crippen LogP contribution in [0.2, 0.25) is 0 Å². The summed E-state index contributed by atoms with van der Waals surface area (Å²) >= 11 is 0. The van der Waals surface area contributed by atoms with E-state index in [1.54, 1.807) is 0 Å². The van der Waals surface area contributed by atoms with Gasteiger partial charge in [-0.3, -0.25) is 14.2 Å². The Labute approximate surface area is 463 Å². The van der Waals surface area contributed by atoms with E-state index in [4.69, 9.17) is 13.8 Å². The van der Waals surface area contributed by atoms with E-state index in [2.05, 4.69) is 99.0 Å². The Bertz CT molecular complexity index is 1560. The number of unbranched alkanes of at least 4 members (excludes halogenated alkanes) is 29. The molecule has 0 aliphatic heterocycles. The Hall–Kier alpha value is -2.81. The molecule has 10 heteroatoms. The van der Waals surface area contributed by atoms with Gasteiger partial charge in [-0.1, -0.05) is 247 Å². The summed E-state index contributed by atoms with van der Waals surface area (Å²) in [6.45, 7) is 6.68. The number of hydrogen-bond acceptors (Lipinski definition) is 7. The van der Waals surface area contributed by atoms with Crippen molar-refractivity contribution in [2.45, 2.75) is 277 Å². The van der Waals surface area contributed by atoms with E-state index in [1.807, 2.05) is 33.3 Å². The zero-order chi connectivity index (χ0) is 55.0. The lowest BCUT2D eigenvalue weighted by Gasteiger charge is -2.30. The molecule has 0 aromatic rings. The Balaban J connectivity index is 5.29. The van der Waals surface area contributed by atoms with Crippen LogP contribution in [-0.4, -0.2) is 69.4 Å². The van der Waals surface area contributed by atoms with Crippen LogP contribution in [0.25, 0.3) is 0 Å². The van der Waals surface area contributed by atoms with E-state index in [0.717, 1.165) is 96.3 Å². The van der Waals surface area contributed by atoms with Gasteiger partial charge in [0.15, 0.2) is 0 Å². The van der Waals surface area contributed by atoms with E-state index in [0.29, 0.717) is 23.9 Å². The fourth-order valence-corrected chi connectivity index (χ4v) is 9.31. The third-order valence-corrected chi connectivity index (χ3v) is 14.3. The minimum absolute atomic E-state index is 0.0293. The lowest BCUT2D eigenvalue weighted by molar-refractivity contribution is -0.870. The molecule has 0 aliphatic carbocycles. The van der Waals surface area contributed by atoms with Crippen LogP contribution < -0.4 is 10.2 Å². The minimum Gasteiger partial charge on any atom is -0.756 e. The number of likely N-dealkylation sites (N-methyl/N-ethyl adjacent to an activating group) is 1. The number of esters is 1. The molecule has 0 fully saturated rings. The standard InChI is InChI=1S/C65H117N2O7P/c1-7-10-13-16-19-22-25-28-30-31-32-33-34-35-37-39-42-45-48-51-54-57-64(68)66-62(61-73-75(70,71)72-60-59-67(4,5)6)63(56-53-50-47-44-41-38-27-24-21-18-15-12-9-3)74-65(69)58-55-52-49-46-43-40-36-29-26-23-20-17-14-11-8-2/h11,14,17,19-20,22-23,26,28,30,32-33,53,56,62-63H,7-10,12-13,15-16,18,21,24-25,27,29,31,34-52,54-55,57-61H2,1-6H3,(H-,66,68,70,71)/b14-11+,20-17+,22-19-,26-23+,30-28-,33-32-,56-53-. The van der Waals surface area contributed by atoms with Crippen molar-refractivity contribution >= 4 is 19.7 Å². The van der Waals surface area contributed by atoms with Crippen LogP contribution >= 0.6 is 7.82 Å². The summed E-state index contributed by atoms with van der Waals surface area (Å²) < 4.78 is 30.3. The maximum atomic E-state index is 13.5. The molecular weight excluding hydrogens is 952 g/mol. The molecule has 0 aliphatic rings. The molecule has 0 rings (SSSR count). The first-order chi connectivity index (χ1) is 36.4. The predicted octanol–water partition coefficient (Wildman–Crippen LogP) is 18.4. The molecule has 0 aromatic carbocycles. The number of rotatable bonds is 55. The van der Waals surface area contributed by atoms with Crippen molar-refractivity contribution < 1.29 is 37.3 Å². The molecule has 1 amide bonds. The number of amides is 1. The first kappa shape index (κ1) is 72.2. The Morgan fingerprint density at radius 3 is 1.41 bits per heavy atom. The highest BCUT2D eigenvalue weighted by Crippen LogP contribution is 2.38. The van der Waals surface area contributed by atoms with Gasteiger partial charge in [-0.2, -0.15) is 0 Å².